The fourth-order valence-corrected chi connectivity index (χ4v) is 3.22. The van der Waals surface area contributed by atoms with E-state index in [2.05, 4.69) is 37.8 Å². The summed E-state index contributed by atoms with van der Waals surface area (Å²) in [6.45, 7) is 5.76. The van der Waals surface area contributed by atoms with Gasteiger partial charge in [-0.15, -0.1) is 24.0 Å². The third-order valence-corrected chi connectivity index (χ3v) is 4.77. The molecule has 27 heavy (non-hydrogen) atoms. The van der Waals surface area contributed by atoms with Crippen molar-refractivity contribution in [2.45, 2.75) is 13.5 Å². The van der Waals surface area contributed by atoms with E-state index in [1.807, 2.05) is 24.3 Å². The minimum absolute atomic E-state index is 0. The number of para-hydroxylation sites is 1. The highest BCUT2D eigenvalue weighted by Crippen LogP contribution is 2.25. The van der Waals surface area contributed by atoms with Gasteiger partial charge < -0.3 is 20.0 Å². The number of fused-ring (bicyclic) bond motifs is 1. The quantitative estimate of drug-likeness (QED) is 0.354. The van der Waals surface area contributed by atoms with Crippen LogP contribution in [0.25, 0.3) is 11.0 Å². The second kappa shape index (κ2) is 8.55. The van der Waals surface area contributed by atoms with Gasteiger partial charge in [-0.2, -0.15) is 0 Å². The highest BCUT2D eigenvalue weighted by Gasteiger charge is 2.20. The van der Waals surface area contributed by atoms with Crippen molar-refractivity contribution in [1.29, 1.82) is 0 Å². The summed E-state index contributed by atoms with van der Waals surface area (Å²) in [5.41, 5.74) is 8.23. The first kappa shape index (κ1) is 19.4. The molecule has 0 saturated carbocycles. The van der Waals surface area contributed by atoms with Crippen molar-refractivity contribution in [3.63, 3.8) is 0 Å². The van der Waals surface area contributed by atoms with Crippen molar-refractivity contribution in [3.8, 4) is 0 Å². The number of benzene rings is 1. The van der Waals surface area contributed by atoms with E-state index in [1.165, 1.54) is 0 Å². The van der Waals surface area contributed by atoms with Gasteiger partial charge in [0.15, 0.2) is 5.96 Å². The molecule has 0 bridgehead atoms. The molecule has 142 valence electrons. The SMILES string of the molecule is Cc1c(CN=C(N)N2CCN(c3ncccn3)CC2)oc2ccccc12.I. The van der Waals surface area contributed by atoms with Gasteiger partial charge in [-0.1, -0.05) is 18.2 Å². The first-order chi connectivity index (χ1) is 12.7. The lowest BCUT2D eigenvalue weighted by Gasteiger charge is -2.35. The molecule has 0 radical (unpaired) electrons. The molecule has 1 fully saturated rings. The lowest BCUT2D eigenvalue weighted by Crippen LogP contribution is -2.51. The van der Waals surface area contributed by atoms with E-state index < -0.39 is 0 Å². The molecule has 0 atom stereocenters. The number of aryl methyl sites for hydroxylation is 1. The molecule has 1 aromatic carbocycles. The van der Waals surface area contributed by atoms with E-state index in [0.29, 0.717) is 12.5 Å². The first-order valence-corrected chi connectivity index (χ1v) is 8.76. The monoisotopic (exact) mass is 478 g/mol. The molecule has 0 amide bonds. The van der Waals surface area contributed by atoms with Gasteiger partial charge in [-0.25, -0.2) is 15.0 Å². The number of halogens is 1. The Morgan fingerprint density at radius 1 is 1.11 bits per heavy atom. The van der Waals surface area contributed by atoms with Gasteiger partial charge in [0.1, 0.15) is 17.9 Å². The van der Waals surface area contributed by atoms with Crippen LogP contribution < -0.4 is 10.6 Å². The standard InChI is InChI=1S/C19H22N6O.HI/c1-14-15-5-2-3-6-16(15)26-17(14)13-23-18(20)24-9-11-25(12-10-24)19-21-7-4-8-22-19;/h2-8H,9-13H2,1H3,(H2,20,23);1H. The smallest absolute Gasteiger partial charge is 0.225 e. The van der Waals surface area contributed by atoms with Crippen LogP contribution in [0.5, 0.6) is 0 Å². The highest BCUT2D eigenvalue weighted by atomic mass is 127. The van der Waals surface area contributed by atoms with Gasteiger partial charge in [0.2, 0.25) is 5.95 Å². The summed E-state index contributed by atoms with van der Waals surface area (Å²) < 4.78 is 5.91. The minimum atomic E-state index is 0. The van der Waals surface area contributed by atoms with Gasteiger partial charge in [0.05, 0.1) is 0 Å². The number of nitrogens with zero attached hydrogens (tertiary/aromatic N) is 5. The fraction of sp³-hybridized carbons (Fsp3) is 0.316. The number of piperazine rings is 1. The van der Waals surface area contributed by atoms with Crippen LogP contribution in [0.3, 0.4) is 0 Å². The maximum Gasteiger partial charge on any atom is 0.225 e. The van der Waals surface area contributed by atoms with E-state index in [4.69, 9.17) is 10.2 Å². The van der Waals surface area contributed by atoms with Crippen LogP contribution >= 0.6 is 24.0 Å². The molecule has 0 aliphatic carbocycles. The predicted molar refractivity (Wildman–Crippen MR) is 118 cm³/mol. The normalized spacial score (nSPS) is 15.1. The Balaban J connectivity index is 0.00000210. The maximum absolute atomic E-state index is 6.21. The Hall–Kier alpha value is -2.36. The maximum atomic E-state index is 6.21. The van der Waals surface area contributed by atoms with Crippen LogP contribution in [0.15, 0.2) is 52.1 Å². The van der Waals surface area contributed by atoms with E-state index in [9.17, 15) is 0 Å². The van der Waals surface area contributed by atoms with Crippen LogP contribution in [0.4, 0.5) is 5.95 Å². The lowest BCUT2D eigenvalue weighted by molar-refractivity contribution is 0.377. The van der Waals surface area contributed by atoms with Crippen LogP contribution in [-0.2, 0) is 6.54 Å². The van der Waals surface area contributed by atoms with Gasteiger partial charge in [-0.3, -0.25) is 0 Å². The number of hydrogen-bond acceptors (Lipinski definition) is 5. The van der Waals surface area contributed by atoms with Crippen LogP contribution in [0, 0.1) is 6.92 Å². The molecule has 1 aliphatic rings. The average Bonchev–Trinajstić information content (AvgIpc) is 3.03. The third kappa shape index (κ3) is 4.15. The van der Waals surface area contributed by atoms with E-state index in [-0.39, 0.29) is 24.0 Å². The molecule has 2 N–H and O–H groups in total. The molecule has 4 rings (SSSR count). The summed E-state index contributed by atoms with van der Waals surface area (Å²) in [5, 5.41) is 1.13. The van der Waals surface area contributed by atoms with Crippen molar-refractivity contribution < 1.29 is 4.42 Å². The molecule has 8 heteroatoms. The molecule has 1 aliphatic heterocycles. The van der Waals surface area contributed by atoms with Crippen molar-refractivity contribution in [3.05, 3.63) is 54.0 Å². The first-order valence-electron chi connectivity index (χ1n) is 8.76. The summed E-state index contributed by atoms with van der Waals surface area (Å²) in [6, 6.07) is 9.86. The molecular weight excluding hydrogens is 455 g/mol. The zero-order valence-electron chi connectivity index (χ0n) is 15.2. The number of aromatic nitrogens is 2. The Morgan fingerprint density at radius 3 is 2.52 bits per heavy atom. The highest BCUT2D eigenvalue weighted by molar-refractivity contribution is 14.0. The molecule has 2 aromatic heterocycles. The molecule has 3 aromatic rings. The zero-order chi connectivity index (χ0) is 17.9. The number of hydrogen-bond donors (Lipinski definition) is 1. The second-order valence-corrected chi connectivity index (χ2v) is 6.34. The predicted octanol–water partition coefficient (Wildman–Crippen LogP) is 2.79. The van der Waals surface area contributed by atoms with E-state index in [0.717, 1.165) is 54.4 Å². The van der Waals surface area contributed by atoms with Crippen molar-refractivity contribution in [1.82, 2.24) is 14.9 Å². The van der Waals surface area contributed by atoms with Gasteiger partial charge >= 0.3 is 0 Å². The van der Waals surface area contributed by atoms with Gasteiger partial charge in [0.25, 0.3) is 0 Å². The van der Waals surface area contributed by atoms with Crippen molar-refractivity contribution in [2.24, 2.45) is 10.7 Å². The largest absolute Gasteiger partial charge is 0.459 e. The van der Waals surface area contributed by atoms with Crippen LogP contribution in [-0.4, -0.2) is 47.0 Å². The molecule has 3 heterocycles. The Morgan fingerprint density at radius 2 is 1.81 bits per heavy atom. The Labute approximate surface area is 175 Å². The summed E-state index contributed by atoms with van der Waals surface area (Å²) in [4.78, 5) is 17.4. The number of furan rings is 1. The van der Waals surface area contributed by atoms with Crippen LogP contribution in [0.2, 0.25) is 0 Å². The number of anilines is 1. The summed E-state index contributed by atoms with van der Waals surface area (Å²) in [7, 11) is 0. The number of nitrogens with two attached hydrogens (primary N) is 1. The summed E-state index contributed by atoms with van der Waals surface area (Å²) >= 11 is 0. The number of guanidine groups is 1. The molecule has 0 unspecified atom stereocenters. The van der Waals surface area contributed by atoms with E-state index >= 15 is 0 Å². The molecule has 7 nitrogen and oxygen atoms in total. The molecule has 1 saturated heterocycles. The zero-order valence-corrected chi connectivity index (χ0v) is 17.5. The molecule has 0 spiro atoms. The topological polar surface area (TPSA) is 83.8 Å². The minimum Gasteiger partial charge on any atom is -0.459 e. The fourth-order valence-electron chi connectivity index (χ4n) is 3.22. The third-order valence-electron chi connectivity index (χ3n) is 4.77. The van der Waals surface area contributed by atoms with Crippen molar-refractivity contribution >= 4 is 46.9 Å². The van der Waals surface area contributed by atoms with E-state index in [1.54, 1.807) is 12.4 Å². The number of rotatable bonds is 3. The Kier molecular flexibility index (Phi) is 6.15. The number of aliphatic imine (C=N–C) groups is 1. The van der Waals surface area contributed by atoms with Crippen LogP contribution in [0.1, 0.15) is 11.3 Å². The average molecular weight is 478 g/mol. The molecular formula is C19H23IN6O. The Bertz CT molecular complexity index is 918. The van der Waals surface area contributed by atoms with Gasteiger partial charge in [-0.05, 0) is 19.1 Å². The summed E-state index contributed by atoms with van der Waals surface area (Å²) in [5.74, 6) is 2.18. The second-order valence-electron chi connectivity index (χ2n) is 6.34. The van der Waals surface area contributed by atoms with Crippen molar-refractivity contribution in [2.75, 3.05) is 31.1 Å². The lowest BCUT2D eigenvalue weighted by atomic mass is 10.1. The van der Waals surface area contributed by atoms with Gasteiger partial charge in [0, 0.05) is 49.5 Å². The summed E-state index contributed by atoms with van der Waals surface area (Å²) in [6.07, 6.45) is 3.53.